The molecule has 0 radical (unpaired) electrons. The Balaban J connectivity index is 1.93. The van der Waals surface area contributed by atoms with Crippen LogP contribution in [0.25, 0.3) is 0 Å². The van der Waals surface area contributed by atoms with Crippen molar-refractivity contribution in [1.82, 2.24) is 0 Å². The van der Waals surface area contributed by atoms with Crippen molar-refractivity contribution in [2.75, 3.05) is 6.54 Å². The van der Waals surface area contributed by atoms with E-state index in [1.807, 2.05) is 0 Å². The summed E-state index contributed by atoms with van der Waals surface area (Å²) >= 11 is 0. The van der Waals surface area contributed by atoms with Crippen LogP contribution in [0.15, 0.2) is 0 Å². The molecule has 15 heavy (non-hydrogen) atoms. The molecule has 2 aliphatic carbocycles. The molecular weight excluding hydrogens is 189 g/mol. The Labute approximate surface area is 92.6 Å². The molecule has 0 aliphatic heterocycles. The highest BCUT2D eigenvalue weighted by atomic mass is 19.1. The van der Waals surface area contributed by atoms with E-state index >= 15 is 0 Å². The summed E-state index contributed by atoms with van der Waals surface area (Å²) in [7, 11) is 0. The van der Waals surface area contributed by atoms with Crippen LogP contribution in [0.4, 0.5) is 4.39 Å². The molecule has 2 heteroatoms. The normalized spacial score (nSPS) is 36.2. The fourth-order valence-electron chi connectivity index (χ4n) is 3.28. The number of hydrogen-bond donors (Lipinski definition) is 1. The number of halogens is 1. The van der Waals surface area contributed by atoms with E-state index in [9.17, 15) is 4.39 Å². The molecule has 2 fully saturated rings. The smallest absolute Gasteiger partial charge is 0.128 e. The van der Waals surface area contributed by atoms with Crippen LogP contribution in [0, 0.1) is 17.8 Å². The largest absolute Gasteiger partial charge is 0.328 e. The Morgan fingerprint density at radius 3 is 1.87 bits per heavy atom. The molecule has 0 amide bonds. The van der Waals surface area contributed by atoms with Crippen molar-refractivity contribution in [3.05, 3.63) is 0 Å². The van der Waals surface area contributed by atoms with Crippen molar-refractivity contribution in [2.24, 2.45) is 23.5 Å². The van der Waals surface area contributed by atoms with Gasteiger partial charge in [-0.1, -0.05) is 26.2 Å². The SMILES string of the molecule is CCC1CCC(C(F)(CN)C2CC2)CC1. The fourth-order valence-corrected chi connectivity index (χ4v) is 3.28. The van der Waals surface area contributed by atoms with E-state index < -0.39 is 5.67 Å². The van der Waals surface area contributed by atoms with Crippen molar-refractivity contribution in [3.8, 4) is 0 Å². The summed E-state index contributed by atoms with van der Waals surface area (Å²) in [6.07, 6.45) is 7.99. The van der Waals surface area contributed by atoms with Crippen molar-refractivity contribution < 1.29 is 4.39 Å². The van der Waals surface area contributed by atoms with E-state index in [-0.39, 0.29) is 12.5 Å². The maximum absolute atomic E-state index is 14.7. The van der Waals surface area contributed by atoms with Gasteiger partial charge in [0.2, 0.25) is 0 Å². The molecule has 2 rings (SSSR count). The van der Waals surface area contributed by atoms with E-state index in [0.717, 1.165) is 31.6 Å². The van der Waals surface area contributed by atoms with Gasteiger partial charge in [0.05, 0.1) is 0 Å². The van der Waals surface area contributed by atoms with Crippen LogP contribution in [-0.2, 0) is 0 Å². The van der Waals surface area contributed by atoms with E-state index in [4.69, 9.17) is 5.73 Å². The van der Waals surface area contributed by atoms with Gasteiger partial charge >= 0.3 is 0 Å². The van der Waals surface area contributed by atoms with Crippen LogP contribution in [0.1, 0.15) is 51.9 Å². The summed E-state index contributed by atoms with van der Waals surface area (Å²) < 4.78 is 14.7. The third-order valence-corrected chi connectivity index (χ3v) is 4.67. The second kappa shape index (κ2) is 4.40. The predicted molar refractivity (Wildman–Crippen MR) is 61.4 cm³/mol. The summed E-state index contributed by atoms with van der Waals surface area (Å²) in [6.45, 7) is 2.50. The Kier molecular flexibility index (Phi) is 3.34. The monoisotopic (exact) mass is 213 g/mol. The van der Waals surface area contributed by atoms with Gasteiger partial charge in [-0.25, -0.2) is 4.39 Å². The zero-order valence-electron chi connectivity index (χ0n) is 9.84. The van der Waals surface area contributed by atoms with E-state index in [1.165, 1.54) is 19.3 Å². The molecule has 0 heterocycles. The average Bonchev–Trinajstić information content (AvgIpc) is 3.12. The average molecular weight is 213 g/mol. The van der Waals surface area contributed by atoms with Crippen LogP contribution in [0.3, 0.4) is 0 Å². The quantitative estimate of drug-likeness (QED) is 0.762. The van der Waals surface area contributed by atoms with Gasteiger partial charge in [-0.2, -0.15) is 0 Å². The van der Waals surface area contributed by atoms with Gasteiger partial charge in [0.1, 0.15) is 5.67 Å². The minimum Gasteiger partial charge on any atom is -0.328 e. The van der Waals surface area contributed by atoms with Gasteiger partial charge in [-0.15, -0.1) is 0 Å². The van der Waals surface area contributed by atoms with E-state index in [1.54, 1.807) is 0 Å². The maximum atomic E-state index is 14.7. The molecule has 88 valence electrons. The molecule has 1 unspecified atom stereocenters. The lowest BCUT2D eigenvalue weighted by Crippen LogP contribution is -2.44. The molecule has 0 aromatic heterocycles. The second-order valence-electron chi connectivity index (χ2n) is 5.53. The molecule has 0 aromatic rings. The van der Waals surface area contributed by atoms with Crippen LogP contribution >= 0.6 is 0 Å². The van der Waals surface area contributed by atoms with E-state index in [2.05, 4.69) is 6.92 Å². The minimum atomic E-state index is -1.02. The van der Waals surface area contributed by atoms with Crippen LogP contribution in [-0.4, -0.2) is 12.2 Å². The molecule has 0 aromatic carbocycles. The standard InChI is InChI=1S/C13H24FN/c1-2-10-3-5-11(6-4-10)13(14,9-15)12-7-8-12/h10-12H,2-9,15H2,1H3. The Morgan fingerprint density at radius 2 is 1.53 bits per heavy atom. The summed E-state index contributed by atoms with van der Waals surface area (Å²) in [5.41, 5.74) is 4.66. The van der Waals surface area contributed by atoms with Crippen LogP contribution in [0.2, 0.25) is 0 Å². The van der Waals surface area contributed by atoms with Gasteiger partial charge in [0, 0.05) is 6.54 Å². The number of hydrogen-bond acceptors (Lipinski definition) is 1. The Morgan fingerprint density at radius 1 is 1.07 bits per heavy atom. The van der Waals surface area contributed by atoms with Crippen molar-refractivity contribution >= 4 is 0 Å². The summed E-state index contributed by atoms with van der Waals surface area (Å²) in [5.74, 6) is 1.41. The molecular formula is C13H24FN. The summed E-state index contributed by atoms with van der Waals surface area (Å²) in [5, 5.41) is 0. The first-order valence-corrected chi connectivity index (χ1v) is 6.59. The van der Waals surface area contributed by atoms with Gasteiger partial charge in [0.15, 0.2) is 0 Å². The lowest BCUT2D eigenvalue weighted by atomic mass is 9.72. The highest BCUT2D eigenvalue weighted by molar-refractivity contribution is 5.01. The predicted octanol–water partition coefficient (Wildman–Crippen LogP) is 3.28. The summed E-state index contributed by atoms with van der Waals surface area (Å²) in [4.78, 5) is 0. The minimum absolute atomic E-state index is 0.249. The molecule has 0 saturated heterocycles. The van der Waals surface area contributed by atoms with Gasteiger partial charge < -0.3 is 5.73 Å². The first kappa shape index (κ1) is 11.4. The maximum Gasteiger partial charge on any atom is 0.128 e. The molecule has 2 saturated carbocycles. The fraction of sp³-hybridized carbons (Fsp3) is 1.00. The summed E-state index contributed by atoms with van der Waals surface area (Å²) in [6, 6.07) is 0. The zero-order chi connectivity index (χ0) is 10.9. The molecule has 1 atom stereocenters. The lowest BCUT2D eigenvalue weighted by molar-refractivity contribution is 0.0320. The van der Waals surface area contributed by atoms with Gasteiger partial charge in [-0.3, -0.25) is 0 Å². The lowest BCUT2D eigenvalue weighted by Gasteiger charge is -2.38. The topological polar surface area (TPSA) is 26.0 Å². The van der Waals surface area contributed by atoms with Crippen molar-refractivity contribution in [2.45, 2.75) is 57.5 Å². The Hall–Kier alpha value is -0.110. The van der Waals surface area contributed by atoms with Gasteiger partial charge in [-0.05, 0) is 43.4 Å². The first-order chi connectivity index (χ1) is 7.20. The third-order valence-electron chi connectivity index (χ3n) is 4.67. The zero-order valence-corrected chi connectivity index (χ0v) is 9.84. The first-order valence-electron chi connectivity index (χ1n) is 6.59. The van der Waals surface area contributed by atoms with Crippen LogP contribution < -0.4 is 5.73 Å². The highest BCUT2D eigenvalue weighted by Gasteiger charge is 2.50. The highest BCUT2D eigenvalue weighted by Crippen LogP contribution is 2.50. The van der Waals surface area contributed by atoms with Crippen LogP contribution in [0.5, 0.6) is 0 Å². The number of rotatable bonds is 4. The number of alkyl halides is 1. The van der Waals surface area contributed by atoms with Crippen molar-refractivity contribution in [3.63, 3.8) is 0 Å². The third kappa shape index (κ3) is 2.20. The second-order valence-corrected chi connectivity index (χ2v) is 5.53. The molecule has 2 aliphatic rings. The Bertz CT molecular complexity index is 207. The van der Waals surface area contributed by atoms with Gasteiger partial charge in [0.25, 0.3) is 0 Å². The van der Waals surface area contributed by atoms with Crippen molar-refractivity contribution in [1.29, 1.82) is 0 Å². The number of nitrogens with two attached hydrogens (primary N) is 1. The van der Waals surface area contributed by atoms with E-state index in [0.29, 0.717) is 5.92 Å². The molecule has 0 spiro atoms. The molecule has 1 nitrogen and oxygen atoms in total. The molecule has 2 N–H and O–H groups in total. The molecule has 0 bridgehead atoms.